The summed E-state index contributed by atoms with van der Waals surface area (Å²) < 4.78 is 46.2. The van der Waals surface area contributed by atoms with Crippen LogP contribution in [0.1, 0.15) is 43.4 Å². The highest BCUT2D eigenvalue weighted by Gasteiger charge is 2.77. The van der Waals surface area contributed by atoms with Crippen LogP contribution in [0.3, 0.4) is 0 Å². The number of aliphatic hydroxyl groups excluding tert-OH is 1. The van der Waals surface area contributed by atoms with Gasteiger partial charge in [-0.05, 0) is 44.0 Å². The molecule has 1 aliphatic carbocycles. The Morgan fingerprint density at radius 2 is 1.84 bits per heavy atom. The monoisotopic (exact) mass is 680 g/mol. The van der Waals surface area contributed by atoms with Crippen molar-refractivity contribution in [1.82, 2.24) is 9.88 Å². The Balaban J connectivity index is 1.77. The van der Waals surface area contributed by atoms with E-state index in [9.17, 15) is 23.8 Å². The fourth-order valence-corrected chi connectivity index (χ4v) is 6.86. The summed E-state index contributed by atoms with van der Waals surface area (Å²) in [6.07, 6.45) is -5.52. The van der Waals surface area contributed by atoms with Crippen LogP contribution in [-0.4, -0.2) is 64.5 Å². The van der Waals surface area contributed by atoms with Crippen LogP contribution in [0.25, 0.3) is 0 Å². The Morgan fingerprint density at radius 3 is 2.42 bits per heavy atom. The molecule has 0 radical (unpaired) electrons. The highest BCUT2D eigenvalue weighted by molar-refractivity contribution is 9.10. The van der Waals surface area contributed by atoms with Gasteiger partial charge in [0.1, 0.15) is 16.5 Å². The summed E-state index contributed by atoms with van der Waals surface area (Å²) in [6, 6.07) is 17.5. The van der Waals surface area contributed by atoms with E-state index < -0.39 is 53.8 Å². The number of halogens is 4. The van der Waals surface area contributed by atoms with Crippen LogP contribution in [0.2, 0.25) is 5.15 Å². The molecular weight excluding hydrogens is 650 g/mol. The smallest absolute Gasteiger partial charge is 0.410 e. The molecule has 1 saturated carbocycles. The molecule has 0 saturated heterocycles. The van der Waals surface area contributed by atoms with Crippen molar-refractivity contribution < 1.29 is 38.0 Å². The van der Waals surface area contributed by atoms with Crippen LogP contribution in [0.15, 0.2) is 65.1 Å². The molecule has 0 spiro atoms. The molecule has 0 bridgehead atoms. The summed E-state index contributed by atoms with van der Waals surface area (Å²) in [5, 5.41) is 25.2. The first-order chi connectivity index (χ1) is 20.2. The van der Waals surface area contributed by atoms with Gasteiger partial charge in [0.2, 0.25) is 5.88 Å². The van der Waals surface area contributed by atoms with Crippen LogP contribution in [0, 0.1) is 5.92 Å². The fourth-order valence-electron chi connectivity index (χ4n) is 6.42. The Labute approximate surface area is 261 Å². The Hall–Kier alpha value is -2.99. The minimum absolute atomic E-state index is 0.0421. The number of amides is 1. The molecule has 1 aromatic heterocycles. The second-order valence-electron chi connectivity index (χ2n) is 11.7. The summed E-state index contributed by atoms with van der Waals surface area (Å²) in [6.45, 7) is 3.57. The molecule has 2 heterocycles. The maximum absolute atomic E-state index is 13.9. The molecule has 5 atom stereocenters. The van der Waals surface area contributed by atoms with E-state index >= 15 is 0 Å². The molecule has 2 aliphatic rings. The second kappa shape index (κ2) is 11.5. The van der Waals surface area contributed by atoms with Crippen LogP contribution < -0.4 is 9.47 Å². The number of fused-ring (bicyclic) bond motifs is 3. The maximum atomic E-state index is 13.9. The highest BCUT2D eigenvalue weighted by Crippen LogP contribution is 2.69. The third kappa shape index (κ3) is 5.34. The molecule has 1 aliphatic heterocycles. The van der Waals surface area contributed by atoms with Gasteiger partial charge in [0.25, 0.3) is 6.43 Å². The van der Waals surface area contributed by atoms with E-state index in [4.69, 9.17) is 25.8 Å². The van der Waals surface area contributed by atoms with Gasteiger partial charge in [-0.2, -0.15) is 0 Å². The van der Waals surface area contributed by atoms with E-state index in [1.807, 2.05) is 6.07 Å². The molecule has 2 aromatic carbocycles. The van der Waals surface area contributed by atoms with Gasteiger partial charge >= 0.3 is 6.09 Å². The van der Waals surface area contributed by atoms with E-state index in [0.717, 1.165) is 9.37 Å². The number of hydrogen-bond donors (Lipinski definition) is 2. The van der Waals surface area contributed by atoms with Gasteiger partial charge in [-0.1, -0.05) is 70.0 Å². The lowest BCUT2D eigenvalue weighted by atomic mass is 9.71. The zero-order chi connectivity index (χ0) is 31.3. The average Bonchev–Trinajstić information content (AvgIpc) is 3.29. The summed E-state index contributed by atoms with van der Waals surface area (Å²) in [5.41, 5.74) is -3.73. The first kappa shape index (κ1) is 31.4. The number of alkyl halides is 2. The molecular formula is C31H32BrClF2N2O6. The van der Waals surface area contributed by atoms with Gasteiger partial charge < -0.3 is 29.3 Å². The summed E-state index contributed by atoms with van der Waals surface area (Å²) in [7, 11) is 1.35. The fraction of sp³-hybridized carbons (Fsp3) is 0.419. The Kier molecular flexibility index (Phi) is 8.41. The Morgan fingerprint density at radius 1 is 1.19 bits per heavy atom. The predicted octanol–water partition coefficient (Wildman–Crippen LogP) is 6.26. The molecule has 1 amide bonds. The molecule has 43 heavy (non-hydrogen) atoms. The minimum Gasteiger partial charge on any atom is -0.481 e. The van der Waals surface area contributed by atoms with E-state index in [-0.39, 0.29) is 28.9 Å². The summed E-state index contributed by atoms with van der Waals surface area (Å²) in [4.78, 5) is 18.3. The van der Waals surface area contributed by atoms with Crippen molar-refractivity contribution in [2.75, 3.05) is 20.2 Å². The van der Waals surface area contributed by atoms with Crippen molar-refractivity contribution >= 4 is 33.6 Å². The first-order valence-electron chi connectivity index (χ1n) is 13.6. The molecule has 12 heteroatoms. The number of methoxy groups -OCH3 is 1. The highest BCUT2D eigenvalue weighted by atomic mass is 79.9. The third-order valence-corrected chi connectivity index (χ3v) is 8.63. The Bertz CT molecular complexity index is 1490. The first-order valence-corrected chi connectivity index (χ1v) is 14.8. The van der Waals surface area contributed by atoms with Gasteiger partial charge in [0.05, 0.1) is 25.3 Å². The van der Waals surface area contributed by atoms with Crippen LogP contribution >= 0.6 is 27.5 Å². The van der Waals surface area contributed by atoms with Gasteiger partial charge in [0, 0.05) is 28.9 Å². The standard InChI is InChI=1S/C31H32BrClF2N2O6/c1-29(2,3)43-28(39)37(16-23(34)35)15-20-24(17-8-6-5-7-9-17)31(18-10-12-19(32)13-11-18)30(40,26(20)38)25-21(42-31)14-22(33)36-27(25)41-4/h5-14,20,23-24,26,38,40H,15-16H2,1-4H3/t20-,24-,26-,30+,31+/m1/s1. The predicted molar refractivity (Wildman–Crippen MR) is 159 cm³/mol. The number of carbonyl (C=O) groups excluding carboxylic acids is 1. The molecule has 2 N–H and O–H groups in total. The topological polar surface area (TPSA) is 101 Å². The summed E-state index contributed by atoms with van der Waals surface area (Å²) >= 11 is 9.74. The summed E-state index contributed by atoms with van der Waals surface area (Å²) in [5.74, 6) is -1.83. The number of ether oxygens (including phenoxy) is 3. The van der Waals surface area contributed by atoms with E-state index in [1.165, 1.54) is 13.2 Å². The van der Waals surface area contributed by atoms with E-state index in [0.29, 0.717) is 11.1 Å². The van der Waals surface area contributed by atoms with Gasteiger partial charge in [-0.3, -0.25) is 0 Å². The van der Waals surface area contributed by atoms with Crippen molar-refractivity contribution in [1.29, 1.82) is 0 Å². The molecule has 1 fully saturated rings. The van der Waals surface area contributed by atoms with Crippen LogP contribution in [0.4, 0.5) is 13.6 Å². The van der Waals surface area contributed by atoms with Crippen molar-refractivity contribution in [3.05, 3.63) is 87.0 Å². The average molecular weight is 682 g/mol. The number of benzene rings is 2. The second-order valence-corrected chi connectivity index (χ2v) is 13.0. The quantitative estimate of drug-likeness (QED) is 0.284. The molecule has 5 rings (SSSR count). The lowest BCUT2D eigenvalue weighted by molar-refractivity contribution is -0.152. The number of nitrogens with zero attached hydrogens (tertiary/aromatic N) is 2. The molecule has 3 aromatic rings. The van der Waals surface area contributed by atoms with Crippen molar-refractivity contribution in [3.63, 3.8) is 0 Å². The normalized spacial score (nSPS) is 26.1. The number of aliphatic hydroxyl groups is 2. The van der Waals surface area contributed by atoms with Gasteiger partial charge in [-0.25, -0.2) is 18.6 Å². The zero-order valence-corrected chi connectivity index (χ0v) is 26.3. The maximum Gasteiger partial charge on any atom is 0.410 e. The van der Waals surface area contributed by atoms with Crippen molar-refractivity contribution in [2.24, 2.45) is 5.92 Å². The van der Waals surface area contributed by atoms with Gasteiger partial charge in [-0.15, -0.1) is 0 Å². The largest absolute Gasteiger partial charge is 0.481 e. The molecule has 8 nitrogen and oxygen atoms in total. The lowest BCUT2D eigenvalue weighted by Gasteiger charge is -2.41. The van der Waals surface area contributed by atoms with E-state index in [1.54, 1.807) is 69.3 Å². The minimum atomic E-state index is -2.88. The number of aromatic nitrogens is 1. The molecule has 230 valence electrons. The number of rotatable bonds is 7. The number of pyridine rings is 1. The third-order valence-electron chi connectivity index (χ3n) is 7.90. The van der Waals surface area contributed by atoms with Crippen molar-refractivity contribution in [3.8, 4) is 11.6 Å². The van der Waals surface area contributed by atoms with E-state index in [2.05, 4.69) is 20.9 Å². The lowest BCUT2D eigenvalue weighted by Crippen LogP contribution is -2.52. The zero-order valence-electron chi connectivity index (χ0n) is 23.9. The number of carbonyl (C=O) groups is 1. The SMILES string of the molecule is COc1nc(Cl)cc2c1[C@]1(O)[C@H](O)[C@H](CN(CC(F)F)C(=O)OC(C)(C)C)[C@@H](c3ccccc3)[C@]1(c1ccc(Br)cc1)O2. The van der Waals surface area contributed by atoms with Crippen LogP contribution in [-0.2, 0) is 15.9 Å². The van der Waals surface area contributed by atoms with Crippen LogP contribution in [0.5, 0.6) is 11.6 Å². The van der Waals surface area contributed by atoms with Crippen molar-refractivity contribution in [2.45, 2.75) is 56.0 Å². The molecule has 0 unspecified atom stereocenters. The van der Waals surface area contributed by atoms with Gasteiger partial charge in [0.15, 0.2) is 11.2 Å². The number of hydrogen-bond acceptors (Lipinski definition) is 7.